The summed E-state index contributed by atoms with van der Waals surface area (Å²) in [6.45, 7) is 6.27. The van der Waals surface area contributed by atoms with Crippen molar-refractivity contribution in [3.8, 4) is 0 Å². The van der Waals surface area contributed by atoms with E-state index < -0.39 is 5.97 Å². The highest BCUT2D eigenvalue weighted by Gasteiger charge is 2.12. The summed E-state index contributed by atoms with van der Waals surface area (Å²) in [5, 5.41) is 11.5. The fourth-order valence-corrected chi connectivity index (χ4v) is 1.80. The van der Waals surface area contributed by atoms with Crippen LogP contribution in [0.4, 0.5) is 5.69 Å². The molecule has 1 rings (SSSR count). The first-order chi connectivity index (χ1) is 9.38. The van der Waals surface area contributed by atoms with Gasteiger partial charge in [-0.15, -0.1) is 0 Å². The molecule has 0 radical (unpaired) electrons. The summed E-state index contributed by atoms with van der Waals surface area (Å²) in [6, 6.07) is 7.36. The molecule has 0 fully saturated rings. The average molecular weight is 277 g/mol. The minimum Gasteiger partial charge on any atom is -0.481 e. The van der Waals surface area contributed by atoms with Crippen molar-refractivity contribution in [2.75, 3.05) is 5.32 Å². The van der Waals surface area contributed by atoms with E-state index in [0.29, 0.717) is 24.7 Å². The summed E-state index contributed by atoms with van der Waals surface area (Å²) in [7, 11) is 0. The van der Waals surface area contributed by atoms with Gasteiger partial charge in [-0.3, -0.25) is 9.59 Å². The maximum atomic E-state index is 11.9. The summed E-state index contributed by atoms with van der Waals surface area (Å²) in [6.07, 6.45) is 1.07. The summed E-state index contributed by atoms with van der Waals surface area (Å²) in [4.78, 5) is 22.5. The Morgan fingerprint density at radius 3 is 2.55 bits per heavy atom. The van der Waals surface area contributed by atoms with E-state index in [4.69, 9.17) is 5.11 Å². The number of hydrogen-bond donors (Lipinski definition) is 2. The summed E-state index contributed by atoms with van der Waals surface area (Å²) >= 11 is 0. The molecule has 1 aromatic rings. The van der Waals surface area contributed by atoms with Crippen molar-refractivity contribution in [1.29, 1.82) is 0 Å². The van der Waals surface area contributed by atoms with Crippen LogP contribution in [-0.2, 0) is 16.0 Å². The highest BCUT2D eigenvalue weighted by Crippen LogP contribution is 2.17. The second-order valence-electron chi connectivity index (χ2n) is 5.57. The van der Waals surface area contributed by atoms with Gasteiger partial charge in [0, 0.05) is 18.5 Å². The van der Waals surface area contributed by atoms with E-state index in [1.165, 1.54) is 0 Å². The van der Waals surface area contributed by atoms with E-state index in [1.54, 1.807) is 0 Å². The van der Waals surface area contributed by atoms with Crippen LogP contribution in [-0.4, -0.2) is 17.0 Å². The lowest BCUT2D eigenvalue weighted by molar-refractivity contribution is -0.137. The molecule has 1 amide bonds. The van der Waals surface area contributed by atoms with Crippen LogP contribution in [0.25, 0.3) is 0 Å². The van der Waals surface area contributed by atoms with Gasteiger partial charge in [-0.25, -0.2) is 0 Å². The number of carbonyl (C=O) groups excluding carboxylic acids is 1. The molecule has 0 heterocycles. The number of nitrogens with one attached hydrogen (secondary N) is 1. The van der Waals surface area contributed by atoms with Gasteiger partial charge in [0.05, 0.1) is 0 Å². The number of carboxylic acid groups (broad SMARTS) is 1. The molecule has 0 saturated carbocycles. The molecular formula is C16H23NO3. The number of carbonyl (C=O) groups is 2. The molecule has 1 unspecified atom stereocenters. The first-order valence-electron chi connectivity index (χ1n) is 6.99. The monoisotopic (exact) mass is 277 g/mol. The zero-order chi connectivity index (χ0) is 15.1. The summed E-state index contributed by atoms with van der Waals surface area (Å²) < 4.78 is 0. The smallest absolute Gasteiger partial charge is 0.303 e. The second kappa shape index (κ2) is 7.68. The van der Waals surface area contributed by atoms with Gasteiger partial charge in [-0.05, 0) is 36.0 Å². The van der Waals surface area contributed by atoms with Gasteiger partial charge in [-0.1, -0.05) is 32.9 Å². The highest BCUT2D eigenvalue weighted by molar-refractivity contribution is 5.90. The van der Waals surface area contributed by atoms with E-state index >= 15 is 0 Å². The third-order valence-corrected chi connectivity index (χ3v) is 3.48. The molecule has 110 valence electrons. The molecule has 0 aliphatic heterocycles. The standard InChI is InChI=1S/C16H23NO3/c1-11(2)12(3)9-15(18)17-14-6-4-5-13(10-14)7-8-16(19)20/h4-6,10-12H,7-9H2,1-3H3,(H,17,18)(H,19,20). The molecule has 0 bridgehead atoms. The molecule has 0 aliphatic carbocycles. The molecule has 1 aromatic carbocycles. The van der Waals surface area contributed by atoms with E-state index in [2.05, 4.69) is 26.1 Å². The third-order valence-electron chi connectivity index (χ3n) is 3.48. The largest absolute Gasteiger partial charge is 0.481 e. The average Bonchev–Trinajstić information content (AvgIpc) is 2.36. The van der Waals surface area contributed by atoms with Crippen molar-refractivity contribution >= 4 is 17.6 Å². The Labute approximate surface area is 120 Å². The number of carboxylic acids is 1. The number of aryl methyl sites for hydroxylation is 1. The summed E-state index contributed by atoms with van der Waals surface area (Å²) in [5.41, 5.74) is 1.65. The van der Waals surface area contributed by atoms with Crippen molar-refractivity contribution in [1.82, 2.24) is 0 Å². The predicted octanol–water partition coefficient (Wildman–Crippen LogP) is 3.32. The van der Waals surface area contributed by atoms with E-state index in [-0.39, 0.29) is 12.3 Å². The predicted molar refractivity (Wildman–Crippen MR) is 79.6 cm³/mol. The molecule has 0 aliphatic rings. The minimum absolute atomic E-state index is 0.00147. The van der Waals surface area contributed by atoms with E-state index in [9.17, 15) is 9.59 Å². The topological polar surface area (TPSA) is 66.4 Å². The lowest BCUT2D eigenvalue weighted by Crippen LogP contribution is -2.17. The van der Waals surface area contributed by atoms with Crippen LogP contribution in [0.15, 0.2) is 24.3 Å². The Morgan fingerprint density at radius 1 is 1.25 bits per heavy atom. The van der Waals surface area contributed by atoms with Crippen molar-refractivity contribution in [3.05, 3.63) is 29.8 Å². The highest BCUT2D eigenvalue weighted by atomic mass is 16.4. The van der Waals surface area contributed by atoms with Gasteiger partial charge in [-0.2, -0.15) is 0 Å². The molecule has 4 heteroatoms. The SMILES string of the molecule is CC(C)C(C)CC(=O)Nc1cccc(CCC(=O)O)c1. The molecule has 1 atom stereocenters. The Hall–Kier alpha value is -1.84. The van der Waals surface area contributed by atoms with E-state index in [1.807, 2.05) is 24.3 Å². The zero-order valence-corrected chi connectivity index (χ0v) is 12.3. The molecule has 20 heavy (non-hydrogen) atoms. The van der Waals surface area contributed by atoms with Crippen LogP contribution in [0.1, 0.15) is 39.2 Å². The van der Waals surface area contributed by atoms with Crippen LogP contribution in [0.2, 0.25) is 0 Å². The van der Waals surface area contributed by atoms with Gasteiger partial charge < -0.3 is 10.4 Å². The van der Waals surface area contributed by atoms with Gasteiger partial charge >= 0.3 is 5.97 Å². The Kier molecular flexibility index (Phi) is 6.22. The molecule has 4 nitrogen and oxygen atoms in total. The maximum absolute atomic E-state index is 11.9. The fraction of sp³-hybridized carbons (Fsp3) is 0.500. The Morgan fingerprint density at radius 2 is 1.95 bits per heavy atom. The van der Waals surface area contributed by atoms with Crippen LogP contribution in [0, 0.1) is 11.8 Å². The quantitative estimate of drug-likeness (QED) is 0.803. The second-order valence-corrected chi connectivity index (χ2v) is 5.57. The number of amides is 1. The molecule has 0 saturated heterocycles. The van der Waals surface area contributed by atoms with Crippen molar-refractivity contribution in [3.63, 3.8) is 0 Å². The first-order valence-corrected chi connectivity index (χ1v) is 6.99. The lowest BCUT2D eigenvalue weighted by Gasteiger charge is -2.15. The third kappa shape index (κ3) is 5.87. The number of anilines is 1. The molecule has 2 N–H and O–H groups in total. The van der Waals surface area contributed by atoms with Crippen LogP contribution in [0.3, 0.4) is 0 Å². The number of hydrogen-bond acceptors (Lipinski definition) is 2. The number of aliphatic carboxylic acids is 1. The van der Waals surface area contributed by atoms with Gasteiger partial charge in [0.2, 0.25) is 5.91 Å². The Bertz CT molecular complexity index is 469. The molecule has 0 spiro atoms. The normalized spacial score (nSPS) is 12.2. The minimum atomic E-state index is -0.815. The van der Waals surface area contributed by atoms with Crippen molar-refractivity contribution in [2.24, 2.45) is 11.8 Å². The van der Waals surface area contributed by atoms with Crippen LogP contribution < -0.4 is 5.32 Å². The maximum Gasteiger partial charge on any atom is 0.303 e. The van der Waals surface area contributed by atoms with Crippen molar-refractivity contribution < 1.29 is 14.7 Å². The zero-order valence-electron chi connectivity index (χ0n) is 12.3. The molecule has 0 aromatic heterocycles. The van der Waals surface area contributed by atoms with Crippen molar-refractivity contribution in [2.45, 2.75) is 40.0 Å². The fourth-order valence-electron chi connectivity index (χ4n) is 1.80. The molecular weight excluding hydrogens is 254 g/mol. The summed E-state index contributed by atoms with van der Waals surface area (Å²) in [5.74, 6) is -0.000347. The first kappa shape index (κ1) is 16.2. The van der Waals surface area contributed by atoms with E-state index in [0.717, 1.165) is 11.3 Å². The van der Waals surface area contributed by atoms with Crippen LogP contribution in [0.5, 0.6) is 0 Å². The van der Waals surface area contributed by atoms with Gasteiger partial charge in [0.25, 0.3) is 0 Å². The Balaban J connectivity index is 2.57. The lowest BCUT2D eigenvalue weighted by atomic mass is 9.94. The number of rotatable bonds is 7. The van der Waals surface area contributed by atoms with Gasteiger partial charge in [0.15, 0.2) is 0 Å². The van der Waals surface area contributed by atoms with Gasteiger partial charge in [0.1, 0.15) is 0 Å². The van der Waals surface area contributed by atoms with Crippen LogP contribution >= 0.6 is 0 Å². The number of benzene rings is 1.